The van der Waals surface area contributed by atoms with Crippen molar-refractivity contribution < 1.29 is 18.0 Å². The van der Waals surface area contributed by atoms with Crippen molar-refractivity contribution in [3.05, 3.63) is 82.9 Å². The molecule has 0 fully saturated rings. The maximum atomic E-state index is 13.4. The summed E-state index contributed by atoms with van der Waals surface area (Å²) in [5, 5.41) is 15.2. The highest BCUT2D eigenvalue weighted by Crippen LogP contribution is 2.26. The van der Waals surface area contributed by atoms with Crippen molar-refractivity contribution >= 4 is 5.91 Å². The van der Waals surface area contributed by atoms with E-state index in [1.807, 2.05) is 26.0 Å². The Balaban J connectivity index is 1.59. The Morgan fingerprint density at radius 3 is 2.50 bits per heavy atom. The molecule has 0 atom stereocenters. The summed E-state index contributed by atoms with van der Waals surface area (Å²) in [7, 11) is 0. The van der Waals surface area contributed by atoms with E-state index in [-0.39, 0.29) is 18.4 Å². The molecule has 32 heavy (non-hydrogen) atoms. The molecule has 2 heterocycles. The van der Waals surface area contributed by atoms with Crippen LogP contribution in [-0.2, 0) is 6.54 Å². The fourth-order valence-corrected chi connectivity index (χ4v) is 3.29. The minimum Gasteiger partial charge on any atom is -0.420 e. The van der Waals surface area contributed by atoms with E-state index in [0.717, 1.165) is 11.8 Å². The van der Waals surface area contributed by atoms with Gasteiger partial charge >= 0.3 is 0 Å². The topological polar surface area (TPSA) is 85.8 Å². The normalized spacial score (nSPS) is 11.2. The zero-order valence-corrected chi connectivity index (χ0v) is 17.8. The van der Waals surface area contributed by atoms with E-state index in [2.05, 4.69) is 20.6 Å². The maximum Gasteiger partial charge on any atom is 0.268 e. The number of amides is 1. The van der Waals surface area contributed by atoms with Gasteiger partial charge in [0.1, 0.15) is 17.3 Å². The number of aromatic nitrogens is 4. The highest BCUT2D eigenvalue weighted by Gasteiger charge is 2.18. The molecule has 0 saturated carbocycles. The van der Waals surface area contributed by atoms with E-state index in [9.17, 15) is 13.6 Å². The predicted octanol–water partition coefficient (Wildman–Crippen LogP) is 4.56. The molecule has 0 saturated heterocycles. The van der Waals surface area contributed by atoms with E-state index in [1.54, 1.807) is 29.8 Å². The first kappa shape index (κ1) is 21.4. The zero-order chi connectivity index (χ0) is 22.8. The summed E-state index contributed by atoms with van der Waals surface area (Å²) in [6.45, 7) is 5.77. The molecule has 4 rings (SSSR count). The summed E-state index contributed by atoms with van der Waals surface area (Å²) in [5.41, 5.74) is 2.85. The first-order valence-electron chi connectivity index (χ1n) is 10.0. The largest absolute Gasteiger partial charge is 0.420 e. The summed E-state index contributed by atoms with van der Waals surface area (Å²) in [5.74, 6) is -0.855. The molecule has 2 aromatic carbocycles. The molecule has 0 spiro atoms. The molecule has 164 valence electrons. The van der Waals surface area contributed by atoms with Gasteiger partial charge in [0, 0.05) is 30.8 Å². The van der Waals surface area contributed by atoms with Gasteiger partial charge in [-0.3, -0.25) is 4.79 Å². The second-order valence-corrected chi connectivity index (χ2v) is 7.66. The quantitative estimate of drug-likeness (QED) is 0.478. The van der Waals surface area contributed by atoms with Crippen molar-refractivity contribution in [2.75, 3.05) is 0 Å². The van der Waals surface area contributed by atoms with Crippen molar-refractivity contribution in [2.24, 2.45) is 0 Å². The van der Waals surface area contributed by atoms with Crippen molar-refractivity contribution in [3.63, 3.8) is 0 Å². The monoisotopic (exact) mass is 437 g/mol. The molecule has 0 aliphatic rings. The van der Waals surface area contributed by atoms with E-state index in [1.165, 1.54) is 12.1 Å². The average Bonchev–Trinajstić information content (AvgIpc) is 3.38. The van der Waals surface area contributed by atoms with Crippen LogP contribution in [-0.4, -0.2) is 25.9 Å². The lowest BCUT2D eigenvalue weighted by molar-refractivity contribution is 0.0950. The van der Waals surface area contributed by atoms with Gasteiger partial charge in [0.2, 0.25) is 5.89 Å². The summed E-state index contributed by atoms with van der Waals surface area (Å²) in [4.78, 5) is 12.7. The Kier molecular flexibility index (Phi) is 5.81. The lowest BCUT2D eigenvalue weighted by Crippen LogP contribution is -2.23. The first-order valence-corrected chi connectivity index (χ1v) is 10.0. The molecule has 9 heteroatoms. The summed E-state index contributed by atoms with van der Waals surface area (Å²) in [6.07, 6.45) is 0. The number of nitrogens with zero attached hydrogens (tertiary/aromatic N) is 4. The van der Waals surface area contributed by atoms with Crippen LogP contribution in [0.1, 0.15) is 47.3 Å². The van der Waals surface area contributed by atoms with E-state index < -0.39 is 11.6 Å². The number of aryl methyl sites for hydroxylation is 1. The number of carbonyl (C=O) groups is 1. The van der Waals surface area contributed by atoms with Crippen LogP contribution in [0.3, 0.4) is 0 Å². The number of hydrogen-bond acceptors (Lipinski definition) is 5. The molecule has 0 radical (unpaired) electrons. The zero-order valence-electron chi connectivity index (χ0n) is 17.8. The van der Waals surface area contributed by atoms with Crippen LogP contribution in [0.25, 0.3) is 17.3 Å². The Labute approximate surface area is 183 Å². The van der Waals surface area contributed by atoms with Gasteiger partial charge in [-0.25, -0.2) is 13.5 Å². The second-order valence-electron chi connectivity index (χ2n) is 7.66. The lowest BCUT2D eigenvalue weighted by atomic mass is 10.1. The second kappa shape index (κ2) is 8.70. The van der Waals surface area contributed by atoms with E-state index in [0.29, 0.717) is 34.3 Å². The number of carbonyl (C=O) groups excluding carboxylic acids is 1. The van der Waals surface area contributed by atoms with Crippen LogP contribution in [0.5, 0.6) is 0 Å². The van der Waals surface area contributed by atoms with Gasteiger partial charge < -0.3 is 9.73 Å². The fourth-order valence-electron chi connectivity index (χ4n) is 3.29. The molecule has 0 aliphatic heterocycles. The van der Waals surface area contributed by atoms with E-state index >= 15 is 0 Å². The van der Waals surface area contributed by atoms with Crippen LogP contribution >= 0.6 is 0 Å². The Morgan fingerprint density at radius 2 is 1.84 bits per heavy atom. The van der Waals surface area contributed by atoms with Gasteiger partial charge in [-0.1, -0.05) is 19.9 Å². The van der Waals surface area contributed by atoms with Crippen molar-refractivity contribution in [2.45, 2.75) is 33.2 Å². The molecule has 4 aromatic rings. The predicted molar refractivity (Wildman–Crippen MR) is 113 cm³/mol. The Bertz CT molecular complexity index is 1260. The molecule has 0 bridgehead atoms. The van der Waals surface area contributed by atoms with Gasteiger partial charge in [-0.05, 0) is 47.9 Å². The third kappa shape index (κ3) is 4.56. The first-order chi connectivity index (χ1) is 15.3. The Morgan fingerprint density at radius 1 is 1.09 bits per heavy atom. The number of benzene rings is 2. The number of rotatable bonds is 6. The van der Waals surface area contributed by atoms with Crippen LogP contribution < -0.4 is 5.32 Å². The standard InChI is InChI=1S/C23H21F2N5O2/c1-13(2)21-11-20(23-28-27-14(3)32-23)29-30(21)19-6-4-5-16(9-19)22(31)26-12-15-7-17(24)10-18(25)8-15/h4-11,13H,12H2,1-3H3,(H,26,31). The SMILES string of the molecule is Cc1nnc(-c2cc(C(C)C)n(-c3cccc(C(=O)NCc4cc(F)cc(F)c4)c3)n2)o1. The minimum absolute atomic E-state index is 0.00256. The highest BCUT2D eigenvalue weighted by molar-refractivity contribution is 5.94. The molecule has 2 aromatic heterocycles. The van der Waals surface area contributed by atoms with Gasteiger partial charge in [0.25, 0.3) is 11.8 Å². The maximum absolute atomic E-state index is 13.4. The molecular weight excluding hydrogens is 416 g/mol. The van der Waals surface area contributed by atoms with Gasteiger partial charge in [0.15, 0.2) is 0 Å². The molecule has 7 nitrogen and oxygen atoms in total. The summed E-state index contributed by atoms with van der Waals surface area (Å²) >= 11 is 0. The molecule has 0 unspecified atom stereocenters. The van der Waals surface area contributed by atoms with Crippen molar-refractivity contribution in [1.82, 2.24) is 25.3 Å². The third-order valence-corrected chi connectivity index (χ3v) is 4.80. The van der Waals surface area contributed by atoms with Crippen molar-refractivity contribution in [1.29, 1.82) is 0 Å². The van der Waals surface area contributed by atoms with Gasteiger partial charge in [0.05, 0.1) is 5.69 Å². The fraction of sp³-hybridized carbons (Fsp3) is 0.217. The van der Waals surface area contributed by atoms with Gasteiger partial charge in [-0.2, -0.15) is 5.10 Å². The van der Waals surface area contributed by atoms with Crippen LogP contribution in [0.4, 0.5) is 8.78 Å². The lowest BCUT2D eigenvalue weighted by Gasteiger charge is -2.11. The smallest absolute Gasteiger partial charge is 0.268 e. The molecular formula is C23H21F2N5O2. The van der Waals surface area contributed by atoms with Crippen LogP contribution in [0.15, 0.2) is 52.9 Å². The number of hydrogen-bond donors (Lipinski definition) is 1. The van der Waals surface area contributed by atoms with Crippen LogP contribution in [0, 0.1) is 18.6 Å². The molecule has 0 aliphatic carbocycles. The van der Waals surface area contributed by atoms with Crippen molar-refractivity contribution in [3.8, 4) is 17.3 Å². The summed E-state index contributed by atoms with van der Waals surface area (Å²) in [6, 6.07) is 12.0. The third-order valence-electron chi connectivity index (χ3n) is 4.80. The van der Waals surface area contributed by atoms with Crippen LogP contribution in [0.2, 0.25) is 0 Å². The molecule has 1 N–H and O–H groups in total. The number of halogens is 2. The minimum atomic E-state index is -0.691. The average molecular weight is 437 g/mol. The number of nitrogens with one attached hydrogen (secondary N) is 1. The van der Waals surface area contributed by atoms with E-state index in [4.69, 9.17) is 4.42 Å². The molecule has 1 amide bonds. The summed E-state index contributed by atoms with van der Waals surface area (Å²) < 4.78 is 34.0. The Hall–Kier alpha value is -3.88. The highest BCUT2D eigenvalue weighted by atomic mass is 19.1. The van der Waals surface area contributed by atoms with Gasteiger partial charge in [-0.15, -0.1) is 10.2 Å².